The Bertz CT molecular complexity index is 1890. The largest absolute Gasteiger partial charge is 0.456 e. The van der Waals surface area contributed by atoms with Crippen LogP contribution in [0.5, 0.6) is 0 Å². The summed E-state index contributed by atoms with van der Waals surface area (Å²) in [6, 6.07) is 6.44. The van der Waals surface area contributed by atoms with E-state index in [0.29, 0.717) is 37.1 Å². The molecule has 1 amide bonds. The van der Waals surface area contributed by atoms with E-state index in [1.54, 1.807) is 71.9 Å². The van der Waals surface area contributed by atoms with Crippen molar-refractivity contribution in [2.24, 2.45) is 16.7 Å². The smallest absolute Gasteiger partial charge is 0.408 e. The van der Waals surface area contributed by atoms with E-state index in [1.807, 2.05) is 6.92 Å². The van der Waals surface area contributed by atoms with Crippen LogP contribution in [-0.4, -0.2) is 149 Å². The lowest BCUT2D eigenvalue weighted by Crippen LogP contribution is -2.79. The maximum Gasteiger partial charge on any atom is 0.408 e. The molecule has 1 aromatic carbocycles. The maximum absolute atomic E-state index is 14.4. The molecule has 3 saturated heterocycles. The highest BCUT2D eigenvalue weighted by atomic mass is 19.1. The summed E-state index contributed by atoms with van der Waals surface area (Å²) >= 11 is 0. The Balaban J connectivity index is 1.36. The number of hydrogen-bond donors (Lipinski definition) is 4. The van der Waals surface area contributed by atoms with Gasteiger partial charge in [-0.3, -0.25) is 9.69 Å². The van der Waals surface area contributed by atoms with E-state index < -0.39 is 113 Å². The van der Waals surface area contributed by atoms with Crippen LogP contribution in [-0.2, 0) is 42.7 Å². The van der Waals surface area contributed by atoms with Crippen molar-refractivity contribution in [3.63, 3.8) is 0 Å². The molecule has 0 spiro atoms. The second-order valence-electron chi connectivity index (χ2n) is 19.4. The molecule has 338 valence electrons. The number of aliphatic hydroxyl groups excluding tert-OH is 2. The molecule has 6 aliphatic rings. The molecule has 3 heterocycles. The normalized spacial score (nSPS) is 37.4. The van der Waals surface area contributed by atoms with E-state index >= 15 is 0 Å². The van der Waals surface area contributed by atoms with Crippen molar-refractivity contribution < 1.29 is 72.0 Å². The van der Waals surface area contributed by atoms with Gasteiger partial charge >= 0.3 is 24.0 Å². The van der Waals surface area contributed by atoms with Gasteiger partial charge in [0.15, 0.2) is 18.0 Å². The number of aliphatic hydroxyl groups is 3. The van der Waals surface area contributed by atoms with Crippen molar-refractivity contribution >= 4 is 24.0 Å². The zero-order valence-electron chi connectivity index (χ0n) is 36.2. The highest BCUT2D eigenvalue weighted by Crippen LogP contribution is 2.66. The van der Waals surface area contributed by atoms with Crippen LogP contribution in [0, 0.1) is 16.7 Å². The monoisotopic (exact) mass is 860 g/mol. The number of nitrogens with zero attached hydrogens (tertiary/aromatic N) is 1. The van der Waals surface area contributed by atoms with Gasteiger partial charge in [0, 0.05) is 43.3 Å². The molecule has 5 fully saturated rings. The Hall–Kier alpha value is -3.71. The number of rotatable bonds is 11. The highest BCUT2D eigenvalue weighted by molar-refractivity contribution is 5.89. The van der Waals surface area contributed by atoms with Gasteiger partial charge in [0.1, 0.15) is 42.3 Å². The molecule has 7 rings (SSSR count). The summed E-state index contributed by atoms with van der Waals surface area (Å²) < 4.78 is 58.5. The predicted octanol–water partition coefficient (Wildman–Crippen LogP) is 3.13. The van der Waals surface area contributed by atoms with Crippen LogP contribution in [0.1, 0.15) is 91.4 Å². The summed E-state index contributed by atoms with van der Waals surface area (Å²) in [7, 11) is 0. The fraction of sp³-hybridized carbons (Fsp3) is 0.727. The minimum atomic E-state index is -2.20. The predicted molar refractivity (Wildman–Crippen MR) is 212 cm³/mol. The van der Waals surface area contributed by atoms with Gasteiger partial charge in [-0.25, -0.2) is 18.8 Å². The van der Waals surface area contributed by atoms with Crippen molar-refractivity contribution in [3.8, 4) is 0 Å². The molecule has 0 radical (unpaired) electrons. The Morgan fingerprint density at radius 1 is 1.07 bits per heavy atom. The first-order chi connectivity index (χ1) is 28.6. The number of hydrogen-bond acceptors (Lipinski definition) is 15. The van der Waals surface area contributed by atoms with E-state index in [1.165, 1.54) is 6.92 Å². The Morgan fingerprint density at radius 3 is 2.34 bits per heavy atom. The second-order valence-corrected chi connectivity index (χ2v) is 19.4. The van der Waals surface area contributed by atoms with Gasteiger partial charge in [-0.05, 0) is 70.2 Å². The summed E-state index contributed by atoms with van der Waals surface area (Å²) in [4.78, 5) is 56.0. The van der Waals surface area contributed by atoms with Crippen LogP contribution in [0.3, 0.4) is 0 Å². The molecule has 0 aromatic heterocycles. The van der Waals surface area contributed by atoms with Gasteiger partial charge in [-0.15, -0.1) is 0 Å². The average molecular weight is 861 g/mol. The number of likely N-dealkylation sites (tertiary alicyclic amines) is 1. The quantitative estimate of drug-likeness (QED) is 0.143. The molecular formula is C44H61FN2O14. The number of halogens is 1. The van der Waals surface area contributed by atoms with Crippen molar-refractivity contribution in [1.29, 1.82) is 0 Å². The summed E-state index contributed by atoms with van der Waals surface area (Å²) in [5, 5.41) is 37.2. The fourth-order valence-electron chi connectivity index (χ4n) is 10.9. The number of amides is 1. The number of benzene rings is 1. The average Bonchev–Trinajstić information content (AvgIpc) is 3.59. The van der Waals surface area contributed by atoms with E-state index in [9.17, 15) is 38.9 Å². The summed E-state index contributed by atoms with van der Waals surface area (Å²) in [5.74, 6) is -3.65. The van der Waals surface area contributed by atoms with Crippen LogP contribution in [0.4, 0.5) is 9.18 Å². The van der Waals surface area contributed by atoms with Crippen LogP contribution < -0.4 is 5.32 Å². The first-order valence-electron chi connectivity index (χ1n) is 21.2. The van der Waals surface area contributed by atoms with Gasteiger partial charge in [0.25, 0.3) is 0 Å². The molecule has 16 nitrogen and oxygen atoms in total. The number of nitrogens with one attached hydrogen (secondary N) is 1. The van der Waals surface area contributed by atoms with Crippen molar-refractivity contribution in [3.05, 3.63) is 47.0 Å². The molecule has 2 saturated carbocycles. The maximum atomic E-state index is 14.4. The Morgan fingerprint density at radius 2 is 1.77 bits per heavy atom. The molecule has 13 atom stereocenters. The second kappa shape index (κ2) is 16.4. The molecule has 0 unspecified atom stereocenters. The molecule has 4 N–H and O–H groups in total. The van der Waals surface area contributed by atoms with E-state index in [4.69, 9.17) is 33.2 Å². The van der Waals surface area contributed by atoms with Crippen LogP contribution in [0.25, 0.3) is 0 Å². The van der Waals surface area contributed by atoms with Gasteiger partial charge < -0.3 is 53.8 Å². The lowest BCUT2D eigenvalue weighted by atomic mass is 9.45. The molecule has 61 heavy (non-hydrogen) atoms. The highest BCUT2D eigenvalue weighted by Gasteiger charge is 2.77. The molecule has 17 heteroatoms. The minimum absolute atomic E-state index is 0.0418. The number of alkyl halides is 1. The third-order valence-corrected chi connectivity index (χ3v) is 14.2. The van der Waals surface area contributed by atoms with E-state index in [2.05, 4.69) is 10.2 Å². The van der Waals surface area contributed by atoms with Crippen LogP contribution in [0.2, 0.25) is 0 Å². The third-order valence-electron chi connectivity index (χ3n) is 14.2. The van der Waals surface area contributed by atoms with Crippen LogP contribution in [0.15, 0.2) is 41.5 Å². The van der Waals surface area contributed by atoms with Crippen molar-refractivity contribution in [1.82, 2.24) is 10.2 Å². The summed E-state index contributed by atoms with van der Waals surface area (Å²) in [6.45, 7) is 12.9. The molecular weight excluding hydrogens is 799 g/mol. The number of alkyl carbamates (subject to hydrolysis) is 1. The standard InChI is InChI=1S/C44H61FN2O14/c1-23-28(56-38(52)32(50)27(19-45)46-39(53)61-40(3,4)5)18-44(54)36(59-37(51)25-12-10-9-11-13-25)34-42(8,16-14-29-43(34,22-55-29)60-24(2)49)35-33(31(23)41(44,6)7)57-30(58-35)20-47-17-15-26(47)21-48/h9-13,26-30,32-36,48,50,54H,14-22H2,1-8H3,(H,46,53)/t26-,27-,28-,29+,30+,32+,33+,34-,35+,36-,42+,43-,44+/m0/s1. The van der Waals surface area contributed by atoms with Gasteiger partial charge in [0.2, 0.25) is 0 Å². The molecule has 2 bridgehead atoms. The fourth-order valence-corrected chi connectivity index (χ4v) is 10.9. The van der Waals surface area contributed by atoms with Gasteiger partial charge in [0.05, 0.1) is 36.8 Å². The molecule has 3 aliphatic carbocycles. The van der Waals surface area contributed by atoms with Gasteiger partial charge in [-0.2, -0.15) is 0 Å². The Kier molecular flexibility index (Phi) is 12.2. The number of carbonyl (C=O) groups is 4. The Labute approximate surface area is 355 Å². The number of carbonyl (C=O) groups excluding carboxylic acids is 4. The number of fused-ring (bicyclic) bond motifs is 8. The SMILES string of the molecule is CC(=O)O[C@@]12CO[C@@H]1CC[C@@]1(C)[C@@H]3O[C@H](CN4CC[C@H]4CO)O[C@@H]3C3=C(C)[C@@H](OC(=O)[C@H](O)[C@H](CF)NC(=O)OC(C)(C)C)C[C@@](O)([C@@H](OC(=O)c4ccccc4)[C@@H]12)C3(C)C. The topological polar surface area (TPSA) is 209 Å². The van der Waals surface area contributed by atoms with E-state index in [-0.39, 0.29) is 31.2 Å². The zero-order valence-corrected chi connectivity index (χ0v) is 36.2. The van der Waals surface area contributed by atoms with E-state index in [0.717, 1.165) is 6.42 Å². The van der Waals surface area contributed by atoms with Crippen molar-refractivity contribution in [2.75, 3.05) is 33.0 Å². The summed E-state index contributed by atoms with van der Waals surface area (Å²) in [5.41, 5.74) is -5.69. The number of ether oxygens (including phenoxy) is 7. The zero-order chi connectivity index (χ0) is 44.4. The van der Waals surface area contributed by atoms with Crippen molar-refractivity contribution in [2.45, 2.75) is 153 Å². The lowest BCUT2D eigenvalue weighted by molar-refractivity contribution is -0.345. The summed E-state index contributed by atoms with van der Waals surface area (Å²) in [6.07, 6.45) is -7.94. The van der Waals surface area contributed by atoms with Gasteiger partial charge in [-0.1, -0.05) is 39.0 Å². The minimum Gasteiger partial charge on any atom is -0.456 e. The lowest BCUT2D eigenvalue weighted by Gasteiger charge is -2.68. The first kappa shape index (κ1) is 45.3. The molecule has 3 aliphatic heterocycles. The van der Waals surface area contributed by atoms with Crippen LogP contribution >= 0.6 is 0 Å². The third kappa shape index (κ3) is 7.86. The first-order valence-corrected chi connectivity index (χ1v) is 21.2. The number of esters is 3. The molecule has 1 aromatic rings.